The Morgan fingerprint density at radius 1 is 1.09 bits per heavy atom. The molecule has 174 valence electrons. The number of amides is 2. The molecular weight excluding hydrogens is 436 g/mol. The highest BCUT2D eigenvalue weighted by Crippen LogP contribution is 2.44. The summed E-state index contributed by atoms with van der Waals surface area (Å²) in [5, 5.41) is 15.9. The molecule has 1 fully saturated rings. The van der Waals surface area contributed by atoms with Crippen LogP contribution in [-0.2, 0) is 16.6 Å². The zero-order valence-electron chi connectivity index (χ0n) is 18.6. The predicted octanol–water partition coefficient (Wildman–Crippen LogP) is 3.33. The number of carbonyl (C=O) groups excluding carboxylic acids is 2. The average Bonchev–Trinajstić information content (AvgIpc) is 3.54. The lowest BCUT2D eigenvalue weighted by Crippen LogP contribution is -2.32. The fourth-order valence-corrected chi connectivity index (χ4v) is 4.82. The van der Waals surface area contributed by atoms with Gasteiger partial charge in [-0.25, -0.2) is 4.79 Å². The van der Waals surface area contributed by atoms with Crippen molar-refractivity contribution in [1.29, 1.82) is 0 Å². The number of carboxylic acid groups (broad SMARTS) is 1. The fraction of sp³-hybridized carbons (Fsp3) is 0.280. The summed E-state index contributed by atoms with van der Waals surface area (Å²) in [5.74, 6) is -1.96. The van der Waals surface area contributed by atoms with Crippen LogP contribution in [0.25, 0.3) is 11.1 Å². The first-order chi connectivity index (χ1) is 16.4. The SMILES string of the molecule is Cn1ncc(NC(=O)OCC2c3ccccc3-c3ccccc32)c1C(=O)N1CCC(C(=O)O)C1. The second-order valence-electron chi connectivity index (χ2n) is 8.56. The van der Waals surface area contributed by atoms with E-state index in [0.717, 1.165) is 22.3 Å². The van der Waals surface area contributed by atoms with Gasteiger partial charge in [0.05, 0.1) is 17.8 Å². The highest BCUT2D eigenvalue weighted by atomic mass is 16.5. The molecule has 3 aromatic rings. The van der Waals surface area contributed by atoms with Gasteiger partial charge in [0, 0.05) is 26.1 Å². The summed E-state index contributed by atoms with van der Waals surface area (Å²) < 4.78 is 6.94. The Kier molecular flexibility index (Phi) is 5.53. The summed E-state index contributed by atoms with van der Waals surface area (Å²) in [6, 6.07) is 16.1. The Morgan fingerprint density at radius 3 is 2.35 bits per heavy atom. The van der Waals surface area contributed by atoms with Crippen molar-refractivity contribution in [3.8, 4) is 11.1 Å². The van der Waals surface area contributed by atoms with Gasteiger partial charge in [0.2, 0.25) is 0 Å². The van der Waals surface area contributed by atoms with Crippen molar-refractivity contribution in [2.24, 2.45) is 13.0 Å². The van der Waals surface area contributed by atoms with Crippen molar-refractivity contribution in [3.05, 3.63) is 71.5 Å². The number of carbonyl (C=O) groups is 3. The van der Waals surface area contributed by atoms with Crippen LogP contribution in [0.4, 0.5) is 10.5 Å². The summed E-state index contributed by atoms with van der Waals surface area (Å²) in [5.41, 5.74) is 4.89. The highest BCUT2D eigenvalue weighted by Gasteiger charge is 2.34. The predicted molar refractivity (Wildman–Crippen MR) is 124 cm³/mol. The molecule has 1 atom stereocenters. The number of aromatic nitrogens is 2. The molecule has 1 saturated heterocycles. The van der Waals surface area contributed by atoms with Crippen LogP contribution in [-0.4, -0.2) is 57.5 Å². The topological polar surface area (TPSA) is 114 Å². The molecule has 9 nitrogen and oxygen atoms in total. The Morgan fingerprint density at radius 2 is 1.74 bits per heavy atom. The summed E-state index contributed by atoms with van der Waals surface area (Å²) in [7, 11) is 1.60. The van der Waals surface area contributed by atoms with Crippen molar-refractivity contribution < 1.29 is 24.2 Å². The maximum atomic E-state index is 13.0. The third-order valence-corrected chi connectivity index (χ3v) is 6.55. The van der Waals surface area contributed by atoms with Gasteiger partial charge in [-0.1, -0.05) is 48.5 Å². The molecule has 0 radical (unpaired) electrons. The molecule has 0 bridgehead atoms. The van der Waals surface area contributed by atoms with Gasteiger partial charge >= 0.3 is 12.1 Å². The number of benzene rings is 2. The minimum Gasteiger partial charge on any atom is -0.481 e. The first-order valence-electron chi connectivity index (χ1n) is 11.1. The lowest BCUT2D eigenvalue weighted by molar-refractivity contribution is -0.141. The number of nitrogens with one attached hydrogen (secondary N) is 1. The van der Waals surface area contributed by atoms with Gasteiger partial charge in [-0.05, 0) is 28.7 Å². The van der Waals surface area contributed by atoms with Crippen LogP contribution in [0, 0.1) is 5.92 Å². The number of carboxylic acids is 1. The molecule has 0 saturated carbocycles. The molecule has 1 aromatic heterocycles. The first kappa shape index (κ1) is 21.7. The molecule has 1 unspecified atom stereocenters. The molecule has 9 heteroatoms. The molecule has 34 heavy (non-hydrogen) atoms. The van der Waals surface area contributed by atoms with E-state index in [9.17, 15) is 19.5 Å². The van der Waals surface area contributed by atoms with Gasteiger partial charge in [-0.15, -0.1) is 0 Å². The molecule has 2 aromatic carbocycles. The number of hydrogen-bond acceptors (Lipinski definition) is 5. The summed E-state index contributed by atoms with van der Waals surface area (Å²) in [6.45, 7) is 0.616. The van der Waals surface area contributed by atoms with Crippen molar-refractivity contribution in [2.45, 2.75) is 12.3 Å². The quantitative estimate of drug-likeness (QED) is 0.604. The molecule has 0 spiro atoms. The zero-order chi connectivity index (χ0) is 23.8. The standard InChI is InChI=1S/C25H24N4O5/c1-28-22(23(30)29-11-10-15(13-29)24(31)32)21(12-26-28)27-25(33)34-14-20-18-8-4-2-6-16(18)17-7-3-5-9-19(17)20/h2-9,12,15,20H,10-11,13-14H2,1H3,(H,27,33)(H,31,32). The van der Waals surface area contributed by atoms with Crippen molar-refractivity contribution >= 4 is 23.7 Å². The van der Waals surface area contributed by atoms with Crippen LogP contribution in [0.5, 0.6) is 0 Å². The maximum Gasteiger partial charge on any atom is 0.411 e. The number of aryl methyl sites for hydroxylation is 1. The third kappa shape index (κ3) is 3.79. The van der Waals surface area contributed by atoms with Gasteiger partial charge in [-0.3, -0.25) is 19.6 Å². The lowest BCUT2D eigenvalue weighted by atomic mass is 9.98. The normalized spacial score (nSPS) is 16.7. The Labute approximate surface area is 195 Å². The van der Waals surface area contributed by atoms with E-state index in [-0.39, 0.29) is 36.4 Å². The van der Waals surface area contributed by atoms with Crippen molar-refractivity contribution in [3.63, 3.8) is 0 Å². The third-order valence-electron chi connectivity index (χ3n) is 6.55. The summed E-state index contributed by atoms with van der Waals surface area (Å²) in [6.07, 6.45) is 1.10. The Hall–Kier alpha value is -4.14. The van der Waals surface area contributed by atoms with E-state index in [1.807, 2.05) is 36.4 Å². The number of nitrogens with zero attached hydrogens (tertiary/aromatic N) is 3. The van der Waals surface area contributed by atoms with Gasteiger partial charge in [0.25, 0.3) is 5.91 Å². The monoisotopic (exact) mass is 460 g/mol. The number of ether oxygens (including phenoxy) is 1. The van der Waals surface area contributed by atoms with E-state index < -0.39 is 18.0 Å². The number of fused-ring (bicyclic) bond motifs is 3. The van der Waals surface area contributed by atoms with E-state index in [2.05, 4.69) is 22.5 Å². The summed E-state index contributed by atoms with van der Waals surface area (Å²) >= 11 is 0. The summed E-state index contributed by atoms with van der Waals surface area (Å²) in [4.78, 5) is 38.4. The lowest BCUT2D eigenvalue weighted by Gasteiger charge is -2.17. The van der Waals surface area contributed by atoms with Gasteiger partial charge in [-0.2, -0.15) is 5.10 Å². The van der Waals surface area contributed by atoms with E-state index in [4.69, 9.17) is 4.74 Å². The number of anilines is 1. The van der Waals surface area contributed by atoms with E-state index in [1.54, 1.807) is 7.05 Å². The maximum absolute atomic E-state index is 13.0. The smallest absolute Gasteiger partial charge is 0.411 e. The molecule has 2 aliphatic rings. The number of aliphatic carboxylic acids is 1. The van der Waals surface area contributed by atoms with Crippen LogP contribution >= 0.6 is 0 Å². The van der Waals surface area contributed by atoms with Crippen molar-refractivity contribution in [1.82, 2.24) is 14.7 Å². The Balaban J connectivity index is 1.28. The van der Waals surface area contributed by atoms with Gasteiger partial charge < -0.3 is 14.7 Å². The van der Waals surface area contributed by atoms with E-state index >= 15 is 0 Å². The van der Waals surface area contributed by atoms with Gasteiger partial charge in [0.15, 0.2) is 0 Å². The Bertz CT molecular complexity index is 1240. The van der Waals surface area contributed by atoms with Gasteiger partial charge in [0.1, 0.15) is 12.3 Å². The van der Waals surface area contributed by atoms with Crippen LogP contribution in [0.15, 0.2) is 54.7 Å². The number of likely N-dealkylation sites (tertiary alicyclic amines) is 1. The molecule has 2 amide bonds. The van der Waals surface area contributed by atoms with Crippen LogP contribution in [0.3, 0.4) is 0 Å². The molecular formula is C25H24N4O5. The second kappa shape index (κ2) is 8.66. The second-order valence-corrected chi connectivity index (χ2v) is 8.56. The molecule has 2 N–H and O–H groups in total. The molecule has 1 aliphatic carbocycles. The minimum absolute atomic E-state index is 0.0781. The van der Waals surface area contributed by atoms with Crippen LogP contribution < -0.4 is 5.32 Å². The average molecular weight is 460 g/mol. The largest absolute Gasteiger partial charge is 0.481 e. The number of rotatable bonds is 5. The molecule has 5 rings (SSSR count). The fourth-order valence-electron chi connectivity index (χ4n) is 4.82. The highest BCUT2D eigenvalue weighted by molar-refractivity contribution is 6.01. The van der Waals surface area contributed by atoms with E-state index in [1.165, 1.54) is 15.8 Å². The van der Waals surface area contributed by atoms with Crippen LogP contribution in [0.2, 0.25) is 0 Å². The van der Waals surface area contributed by atoms with Crippen LogP contribution in [0.1, 0.15) is 34.0 Å². The minimum atomic E-state index is -0.919. The van der Waals surface area contributed by atoms with E-state index in [0.29, 0.717) is 13.0 Å². The number of hydrogen-bond donors (Lipinski definition) is 2. The zero-order valence-corrected chi connectivity index (χ0v) is 18.6. The van der Waals surface area contributed by atoms with Crippen molar-refractivity contribution in [2.75, 3.05) is 25.0 Å². The first-order valence-corrected chi connectivity index (χ1v) is 11.1. The molecule has 1 aliphatic heterocycles. The molecule has 2 heterocycles.